The maximum Gasteiger partial charge on any atom is 1.00 e. The van der Waals surface area contributed by atoms with Crippen molar-refractivity contribution in [3.05, 3.63) is 52.5 Å². The molecule has 0 radical (unpaired) electrons. The van der Waals surface area contributed by atoms with Crippen LogP contribution in [-0.2, 0) is 0 Å². The van der Waals surface area contributed by atoms with Crippen LogP contribution < -0.4 is 37.7 Å². The molecule has 0 fully saturated rings. The van der Waals surface area contributed by atoms with E-state index in [4.69, 9.17) is 0 Å². The van der Waals surface area contributed by atoms with Crippen molar-refractivity contribution < 1.29 is 42.5 Å². The van der Waals surface area contributed by atoms with Crippen LogP contribution in [0.15, 0.2) is 36.2 Å². The molecule has 0 saturated heterocycles. The number of benzene rings is 1. The summed E-state index contributed by atoms with van der Waals surface area (Å²) in [5.74, 6) is 0.488. The second-order valence-electron chi connectivity index (χ2n) is 3.42. The van der Waals surface area contributed by atoms with Crippen molar-refractivity contribution in [3.8, 4) is 0 Å². The Labute approximate surface area is 132 Å². The average Bonchev–Trinajstić information content (AvgIpc) is 2.30. The second kappa shape index (κ2) is 7.74. The standard InChI is InChI=1S/C12H14N3O.2Li/c1-3-6-11-14-10-8-5-4-7-9(10)12(16)15(11)13-2;;/h4-8H,3H2,1-2H3,(H,14,16);;/q-1;2*+1/p-1. The zero-order valence-corrected chi connectivity index (χ0v) is 11.3. The van der Waals surface area contributed by atoms with Gasteiger partial charge < -0.3 is 15.8 Å². The summed E-state index contributed by atoms with van der Waals surface area (Å²) in [7, 11) is 1.59. The van der Waals surface area contributed by atoms with Gasteiger partial charge in [0.25, 0.3) is 0 Å². The minimum absolute atomic E-state index is 0. The average molecular weight is 229 g/mol. The molecule has 0 aromatic heterocycles. The number of carbonyl (C=O) groups excluding carboxylic acids is 1. The molecule has 1 aliphatic heterocycles. The molecule has 0 N–H and O–H groups in total. The van der Waals surface area contributed by atoms with Crippen LogP contribution in [-0.4, -0.2) is 18.0 Å². The number of carbonyl (C=O) groups is 1. The Morgan fingerprint density at radius 2 is 2.00 bits per heavy atom. The van der Waals surface area contributed by atoms with Gasteiger partial charge in [0.1, 0.15) is 0 Å². The van der Waals surface area contributed by atoms with Crippen molar-refractivity contribution in [1.82, 2.24) is 5.01 Å². The number of para-hydroxylation sites is 1. The number of hydrogen-bond donors (Lipinski definition) is 0. The SMILES string of the molecule is CCC=C1[N-]c2ccccc2C(=O)N1[N-]C.[Li+].[Li+]. The molecule has 1 amide bonds. The van der Waals surface area contributed by atoms with E-state index in [9.17, 15) is 4.79 Å². The topological polar surface area (TPSA) is 48.5 Å². The predicted octanol–water partition coefficient (Wildman–Crippen LogP) is -2.67. The Hall–Kier alpha value is -0.615. The summed E-state index contributed by atoms with van der Waals surface area (Å²) in [5.41, 5.74) is 5.26. The fourth-order valence-corrected chi connectivity index (χ4v) is 1.65. The molecule has 0 saturated carbocycles. The fraction of sp³-hybridized carbons (Fsp3) is 0.250. The molecule has 6 heteroatoms. The van der Waals surface area contributed by atoms with E-state index in [1.165, 1.54) is 5.01 Å². The van der Waals surface area contributed by atoms with Crippen molar-refractivity contribution in [3.63, 3.8) is 0 Å². The Kier molecular flexibility index (Phi) is 7.48. The van der Waals surface area contributed by atoms with Crippen LogP contribution in [0.25, 0.3) is 10.7 Å². The third kappa shape index (κ3) is 3.23. The minimum Gasteiger partial charge on any atom is -0.664 e. The van der Waals surface area contributed by atoms with E-state index in [0.717, 1.165) is 6.42 Å². The molecule has 0 aliphatic carbocycles. The summed E-state index contributed by atoms with van der Waals surface area (Å²) < 4.78 is 0. The quantitative estimate of drug-likeness (QED) is 0.510. The summed E-state index contributed by atoms with van der Waals surface area (Å²) in [5, 5.41) is 5.75. The van der Waals surface area contributed by atoms with Gasteiger partial charge in [-0.15, -0.1) is 0 Å². The van der Waals surface area contributed by atoms with Crippen LogP contribution in [0, 0.1) is 0 Å². The monoisotopic (exact) mass is 229 g/mol. The number of fused-ring (bicyclic) bond motifs is 1. The summed E-state index contributed by atoms with van der Waals surface area (Å²) in [6.45, 7) is 2.00. The minimum atomic E-state index is -0.118. The molecule has 0 spiro atoms. The van der Waals surface area contributed by atoms with E-state index < -0.39 is 0 Å². The molecular weight excluding hydrogens is 216 g/mol. The van der Waals surface area contributed by atoms with E-state index >= 15 is 0 Å². The third-order valence-electron chi connectivity index (χ3n) is 2.37. The Morgan fingerprint density at radius 3 is 2.61 bits per heavy atom. The third-order valence-corrected chi connectivity index (χ3v) is 2.37. The van der Waals surface area contributed by atoms with Gasteiger partial charge in [-0.25, -0.2) is 0 Å². The maximum absolute atomic E-state index is 12.1. The molecule has 2 rings (SSSR count). The van der Waals surface area contributed by atoms with Gasteiger partial charge in [0.2, 0.25) is 0 Å². The molecule has 1 aromatic rings. The zero-order chi connectivity index (χ0) is 11.5. The Bertz CT molecular complexity index is 449. The van der Waals surface area contributed by atoms with E-state index in [-0.39, 0.29) is 43.6 Å². The van der Waals surface area contributed by atoms with Crippen molar-refractivity contribution in [2.45, 2.75) is 13.3 Å². The van der Waals surface area contributed by atoms with Crippen LogP contribution in [0.3, 0.4) is 0 Å². The van der Waals surface area contributed by atoms with Gasteiger partial charge >= 0.3 is 37.7 Å². The summed E-state index contributed by atoms with van der Waals surface area (Å²) in [6.07, 6.45) is 2.71. The fourth-order valence-electron chi connectivity index (χ4n) is 1.65. The van der Waals surface area contributed by atoms with Crippen LogP contribution in [0.2, 0.25) is 0 Å². The van der Waals surface area contributed by atoms with E-state index in [1.807, 2.05) is 31.2 Å². The molecule has 4 nitrogen and oxygen atoms in total. The molecule has 18 heavy (non-hydrogen) atoms. The van der Waals surface area contributed by atoms with Crippen molar-refractivity contribution in [1.29, 1.82) is 0 Å². The first-order valence-corrected chi connectivity index (χ1v) is 5.23. The summed E-state index contributed by atoms with van der Waals surface area (Å²) >= 11 is 0. The van der Waals surface area contributed by atoms with Crippen LogP contribution >= 0.6 is 0 Å². The first kappa shape index (κ1) is 17.4. The first-order chi connectivity index (χ1) is 7.77. The first-order valence-electron chi connectivity index (χ1n) is 5.23. The largest absolute Gasteiger partial charge is 1.00 e. The molecule has 1 heterocycles. The number of hydrogen-bond acceptors (Lipinski definition) is 1. The van der Waals surface area contributed by atoms with Crippen molar-refractivity contribution in [2.75, 3.05) is 7.05 Å². The summed E-state index contributed by atoms with van der Waals surface area (Å²) in [6, 6.07) is 7.30. The van der Waals surface area contributed by atoms with Crippen LogP contribution in [0.4, 0.5) is 5.69 Å². The van der Waals surface area contributed by atoms with Crippen molar-refractivity contribution >= 4 is 11.6 Å². The van der Waals surface area contributed by atoms with Gasteiger partial charge in [0.15, 0.2) is 5.91 Å². The second-order valence-corrected chi connectivity index (χ2v) is 3.42. The molecule has 84 valence electrons. The Morgan fingerprint density at radius 1 is 1.33 bits per heavy atom. The van der Waals surface area contributed by atoms with Gasteiger partial charge in [0, 0.05) is 5.56 Å². The van der Waals surface area contributed by atoms with Gasteiger partial charge in [-0.1, -0.05) is 43.1 Å². The predicted molar refractivity (Wildman–Crippen MR) is 63.3 cm³/mol. The van der Waals surface area contributed by atoms with Gasteiger partial charge in [-0.05, 0) is 12.1 Å². The van der Waals surface area contributed by atoms with Gasteiger partial charge in [0.05, 0.1) is 0 Å². The maximum atomic E-state index is 12.1. The van der Waals surface area contributed by atoms with E-state index in [1.54, 1.807) is 13.1 Å². The summed E-state index contributed by atoms with van der Waals surface area (Å²) in [4.78, 5) is 12.1. The zero-order valence-electron chi connectivity index (χ0n) is 11.3. The molecule has 0 bridgehead atoms. The molecule has 0 atom stereocenters. The normalized spacial score (nSPS) is 15.3. The molecular formula is C12H13Li2N3O. The van der Waals surface area contributed by atoms with E-state index in [2.05, 4.69) is 10.7 Å². The molecule has 1 aliphatic rings. The van der Waals surface area contributed by atoms with Crippen molar-refractivity contribution in [2.24, 2.45) is 0 Å². The smallest absolute Gasteiger partial charge is 0.664 e. The number of rotatable bonds is 2. The number of nitrogens with zero attached hydrogens (tertiary/aromatic N) is 3. The Balaban J connectivity index is 0.00000144. The van der Waals surface area contributed by atoms with Gasteiger partial charge in [-0.2, -0.15) is 7.05 Å². The van der Waals surface area contributed by atoms with E-state index in [0.29, 0.717) is 17.1 Å². The number of amides is 1. The number of allylic oxidation sites excluding steroid dienone is 1. The molecule has 0 unspecified atom stereocenters. The molecule has 1 aromatic carbocycles. The van der Waals surface area contributed by atoms with Gasteiger partial charge in [-0.3, -0.25) is 4.79 Å². The van der Waals surface area contributed by atoms with Crippen LogP contribution in [0.5, 0.6) is 0 Å². The van der Waals surface area contributed by atoms with Crippen LogP contribution in [0.1, 0.15) is 23.7 Å².